The van der Waals surface area contributed by atoms with Gasteiger partial charge in [-0.1, -0.05) is 36.4 Å². The fourth-order valence-electron chi connectivity index (χ4n) is 2.48. The molecular formula is C19H18N2O4. The van der Waals surface area contributed by atoms with E-state index in [4.69, 9.17) is 9.26 Å². The van der Waals surface area contributed by atoms with Crippen molar-refractivity contribution >= 4 is 5.91 Å². The number of carbonyl (C=O) groups is 1. The van der Waals surface area contributed by atoms with Crippen LogP contribution in [0.15, 0.2) is 64.0 Å². The second-order valence-electron chi connectivity index (χ2n) is 5.54. The second kappa shape index (κ2) is 7.09. The fourth-order valence-corrected chi connectivity index (χ4v) is 2.48. The van der Waals surface area contributed by atoms with E-state index in [0.29, 0.717) is 5.56 Å². The number of hydrogen-bond acceptors (Lipinski definition) is 4. The van der Waals surface area contributed by atoms with Gasteiger partial charge in [-0.05, 0) is 28.8 Å². The summed E-state index contributed by atoms with van der Waals surface area (Å²) in [6.07, 6.45) is 1.58. The first-order valence-corrected chi connectivity index (χ1v) is 7.77. The van der Waals surface area contributed by atoms with Crippen molar-refractivity contribution in [2.24, 2.45) is 0 Å². The number of carbonyl (C=O) groups excluding carboxylic acids is 1. The monoisotopic (exact) mass is 338 g/mol. The number of methoxy groups -OCH3 is 1. The fraction of sp³-hybridized carbons (Fsp3) is 0.158. The lowest BCUT2D eigenvalue weighted by atomic mass is 10.0. The molecule has 0 saturated carbocycles. The van der Waals surface area contributed by atoms with E-state index in [9.17, 15) is 9.59 Å². The van der Waals surface area contributed by atoms with Crippen molar-refractivity contribution < 1.29 is 14.1 Å². The number of hydrogen-bond donors (Lipinski definition) is 1. The first kappa shape index (κ1) is 16.6. The molecule has 25 heavy (non-hydrogen) atoms. The Bertz CT molecular complexity index is 939. The Labute approximate surface area is 144 Å². The summed E-state index contributed by atoms with van der Waals surface area (Å²) >= 11 is 0. The van der Waals surface area contributed by atoms with E-state index >= 15 is 0 Å². The van der Waals surface area contributed by atoms with Crippen molar-refractivity contribution in [3.8, 4) is 28.0 Å². The van der Waals surface area contributed by atoms with E-state index in [1.54, 1.807) is 13.3 Å². The van der Waals surface area contributed by atoms with Crippen LogP contribution in [0.25, 0.3) is 22.3 Å². The van der Waals surface area contributed by atoms with Crippen LogP contribution in [0.2, 0.25) is 0 Å². The van der Waals surface area contributed by atoms with E-state index in [1.807, 2.05) is 48.5 Å². The maximum atomic E-state index is 12.0. The Morgan fingerprint density at radius 1 is 1.12 bits per heavy atom. The first-order chi connectivity index (χ1) is 12.1. The Morgan fingerprint density at radius 2 is 1.84 bits per heavy atom. The third-order valence-corrected chi connectivity index (χ3v) is 3.78. The van der Waals surface area contributed by atoms with E-state index in [0.717, 1.165) is 22.4 Å². The molecule has 128 valence electrons. The van der Waals surface area contributed by atoms with Crippen LogP contribution in [0.5, 0.6) is 5.75 Å². The molecule has 0 radical (unpaired) electrons. The maximum Gasteiger partial charge on any atom is 0.365 e. The van der Waals surface area contributed by atoms with Gasteiger partial charge in [-0.3, -0.25) is 4.79 Å². The Hall–Kier alpha value is -3.28. The van der Waals surface area contributed by atoms with E-state index in [-0.39, 0.29) is 12.6 Å². The number of nitrogens with one attached hydrogen (secondary N) is 1. The highest BCUT2D eigenvalue weighted by Crippen LogP contribution is 2.26. The Kier molecular flexibility index (Phi) is 4.70. The zero-order valence-corrected chi connectivity index (χ0v) is 14.0. The molecule has 1 heterocycles. The predicted octanol–water partition coefficient (Wildman–Crippen LogP) is 2.88. The summed E-state index contributed by atoms with van der Waals surface area (Å²) in [6.45, 7) is 1.52. The lowest BCUT2D eigenvalue weighted by Crippen LogP contribution is -2.22. The molecule has 0 spiro atoms. The topological polar surface area (TPSA) is 73.5 Å². The van der Waals surface area contributed by atoms with Crippen molar-refractivity contribution in [2.75, 3.05) is 7.11 Å². The summed E-state index contributed by atoms with van der Waals surface area (Å²) in [5.41, 5.74) is 2.80. The smallest absolute Gasteiger partial charge is 0.365 e. The van der Waals surface area contributed by atoms with Crippen LogP contribution in [0.4, 0.5) is 0 Å². The van der Waals surface area contributed by atoms with Crippen LogP contribution in [-0.4, -0.2) is 17.8 Å². The minimum absolute atomic E-state index is 0.118. The summed E-state index contributed by atoms with van der Waals surface area (Å²) in [7, 11) is 1.63. The highest BCUT2D eigenvalue weighted by Gasteiger charge is 2.10. The first-order valence-electron chi connectivity index (χ1n) is 7.77. The highest BCUT2D eigenvalue weighted by molar-refractivity contribution is 5.72. The van der Waals surface area contributed by atoms with Crippen LogP contribution in [0.3, 0.4) is 0 Å². The molecule has 2 aromatic carbocycles. The van der Waals surface area contributed by atoms with Gasteiger partial charge in [0.1, 0.15) is 12.4 Å². The van der Waals surface area contributed by atoms with Gasteiger partial charge in [0.25, 0.3) is 0 Å². The molecular weight excluding hydrogens is 320 g/mol. The van der Waals surface area contributed by atoms with Gasteiger partial charge in [0, 0.05) is 6.92 Å². The molecule has 0 aliphatic heterocycles. The van der Waals surface area contributed by atoms with Gasteiger partial charge in [0.2, 0.25) is 5.91 Å². The van der Waals surface area contributed by atoms with Gasteiger partial charge in [0.15, 0.2) is 0 Å². The van der Waals surface area contributed by atoms with E-state index in [2.05, 4.69) is 5.32 Å². The molecule has 1 N–H and O–H groups in total. The van der Waals surface area contributed by atoms with Gasteiger partial charge in [0.05, 0.1) is 18.9 Å². The quantitative estimate of drug-likeness (QED) is 0.776. The zero-order chi connectivity index (χ0) is 17.8. The molecule has 0 saturated heterocycles. The molecule has 1 aromatic heterocycles. The van der Waals surface area contributed by atoms with E-state index < -0.39 is 5.63 Å². The number of nitrogens with zero attached hydrogens (tertiary/aromatic N) is 1. The molecule has 0 fully saturated rings. The maximum absolute atomic E-state index is 12.0. The summed E-state index contributed by atoms with van der Waals surface area (Å²) in [4.78, 5) is 23.0. The third-order valence-electron chi connectivity index (χ3n) is 3.78. The van der Waals surface area contributed by atoms with Gasteiger partial charge in [-0.2, -0.15) is 4.74 Å². The van der Waals surface area contributed by atoms with Crippen molar-refractivity contribution in [2.45, 2.75) is 13.6 Å². The van der Waals surface area contributed by atoms with Gasteiger partial charge < -0.3 is 14.6 Å². The largest absolute Gasteiger partial charge is 0.497 e. The number of amides is 1. The Morgan fingerprint density at radius 3 is 2.52 bits per heavy atom. The van der Waals surface area contributed by atoms with Crippen LogP contribution in [-0.2, 0) is 11.5 Å². The molecule has 0 bridgehead atoms. The van der Waals surface area contributed by atoms with Gasteiger partial charge >= 0.3 is 5.63 Å². The highest BCUT2D eigenvalue weighted by atomic mass is 16.5. The normalized spacial score (nSPS) is 10.5. The molecule has 0 atom stereocenters. The molecule has 6 nitrogen and oxygen atoms in total. The van der Waals surface area contributed by atoms with Crippen molar-refractivity contribution in [1.29, 1.82) is 0 Å². The van der Waals surface area contributed by atoms with Gasteiger partial charge in [-0.25, -0.2) is 4.79 Å². The number of benzene rings is 2. The predicted molar refractivity (Wildman–Crippen MR) is 94.2 cm³/mol. The lowest BCUT2D eigenvalue weighted by Gasteiger charge is -2.05. The standard InChI is InChI=1S/C19H18N2O4/c1-13(22)20-12-21-11-18(19(23)25-21)15-8-6-14(7-9-15)16-4-3-5-17(10-16)24-2/h3-11H,12H2,1-2H3,(H,20,22). The SMILES string of the molecule is COc1cccc(-c2ccc(-c3cn(CNC(C)=O)oc3=O)cc2)c1. The van der Waals surface area contributed by atoms with Gasteiger partial charge in [-0.15, -0.1) is 0 Å². The molecule has 3 aromatic rings. The molecule has 0 aliphatic carbocycles. The van der Waals surface area contributed by atoms with Crippen LogP contribution < -0.4 is 15.7 Å². The van der Waals surface area contributed by atoms with Crippen LogP contribution in [0.1, 0.15) is 6.92 Å². The number of ether oxygens (including phenoxy) is 1. The van der Waals surface area contributed by atoms with Crippen LogP contribution >= 0.6 is 0 Å². The van der Waals surface area contributed by atoms with Crippen molar-refractivity contribution in [3.63, 3.8) is 0 Å². The molecule has 1 amide bonds. The number of rotatable bonds is 5. The molecule has 0 unspecified atom stereocenters. The number of aromatic nitrogens is 1. The summed E-state index contributed by atoms with van der Waals surface area (Å²) in [5, 5.41) is 2.57. The van der Waals surface area contributed by atoms with E-state index in [1.165, 1.54) is 11.7 Å². The molecule has 0 aliphatic rings. The minimum Gasteiger partial charge on any atom is -0.497 e. The summed E-state index contributed by atoms with van der Waals surface area (Å²) in [5.74, 6) is 0.595. The molecule has 6 heteroatoms. The van der Waals surface area contributed by atoms with Crippen LogP contribution in [0, 0.1) is 0 Å². The Balaban J connectivity index is 1.85. The average molecular weight is 338 g/mol. The zero-order valence-electron chi connectivity index (χ0n) is 14.0. The lowest BCUT2D eigenvalue weighted by molar-refractivity contribution is -0.119. The third kappa shape index (κ3) is 3.80. The average Bonchev–Trinajstić information content (AvgIpc) is 3.01. The molecule has 3 rings (SSSR count). The second-order valence-corrected chi connectivity index (χ2v) is 5.54. The summed E-state index contributed by atoms with van der Waals surface area (Å²) < 4.78 is 11.6. The minimum atomic E-state index is -0.445. The summed E-state index contributed by atoms with van der Waals surface area (Å²) in [6, 6.07) is 15.4. The van der Waals surface area contributed by atoms with Crippen molar-refractivity contribution in [1.82, 2.24) is 10.1 Å². The van der Waals surface area contributed by atoms with Crippen molar-refractivity contribution in [3.05, 3.63) is 65.1 Å².